The molecule has 3 heteroatoms. The van der Waals surface area contributed by atoms with Crippen molar-refractivity contribution in [3.63, 3.8) is 0 Å². The average Bonchev–Trinajstić information content (AvgIpc) is 2.62. The lowest BCUT2D eigenvalue weighted by Gasteiger charge is -2.15. The molecule has 16 heavy (non-hydrogen) atoms. The highest BCUT2D eigenvalue weighted by atomic mass is 16.2. The van der Waals surface area contributed by atoms with Crippen LogP contribution in [0.4, 0.5) is 10.5 Å². The predicted octanol–water partition coefficient (Wildman–Crippen LogP) is 2.79. The number of rotatable bonds is 2. The van der Waals surface area contributed by atoms with Gasteiger partial charge in [0.25, 0.3) is 0 Å². The van der Waals surface area contributed by atoms with Gasteiger partial charge in [0.2, 0.25) is 0 Å². The lowest BCUT2D eigenvalue weighted by Crippen LogP contribution is -2.20. The molecule has 0 fully saturated rings. The number of hydrogen-bond acceptors (Lipinski definition) is 1. The van der Waals surface area contributed by atoms with Crippen molar-refractivity contribution in [2.75, 3.05) is 5.32 Å². The van der Waals surface area contributed by atoms with E-state index in [1.165, 1.54) is 23.1 Å². The first-order valence-electron chi connectivity index (χ1n) is 5.80. The molecule has 2 rings (SSSR count). The fraction of sp³-hybridized carbons (Fsp3) is 0.462. The Balaban J connectivity index is 2.44. The zero-order chi connectivity index (χ0) is 11.7. The molecule has 0 unspecified atom stereocenters. The third kappa shape index (κ3) is 2.03. The van der Waals surface area contributed by atoms with Crippen molar-refractivity contribution in [2.45, 2.75) is 39.0 Å². The first-order valence-corrected chi connectivity index (χ1v) is 5.80. The fourth-order valence-electron chi connectivity index (χ4n) is 2.36. The Morgan fingerprint density at radius 2 is 1.94 bits per heavy atom. The van der Waals surface area contributed by atoms with Crippen molar-refractivity contribution >= 4 is 11.7 Å². The third-order valence-corrected chi connectivity index (χ3v) is 3.14. The molecule has 0 atom stereocenters. The maximum atomic E-state index is 11.0. The Labute approximate surface area is 96.0 Å². The smallest absolute Gasteiger partial charge is 0.316 e. The monoisotopic (exact) mass is 218 g/mol. The van der Waals surface area contributed by atoms with E-state index < -0.39 is 6.03 Å². The number of carbonyl (C=O) groups is 1. The summed E-state index contributed by atoms with van der Waals surface area (Å²) < 4.78 is 0. The largest absolute Gasteiger partial charge is 0.351 e. The van der Waals surface area contributed by atoms with E-state index in [1.807, 2.05) is 0 Å². The van der Waals surface area contributed by atoms with Gasteiger partial charge in [-0.2, -0.15) is 0 Å². The Morgan fingerprint density at radius 3 is 2.50 bits per heavy atom. The fourth-order valence-corrected chi connectivity index (χ4v) is 2.36. The molecule has 0 spiro atoms. The molecule has 3 nitrogen and oxygen atoms in total. The van der Waals surface area contributed by atoms with Crippen LogP contribution in [0.5, 0.6) is 0 Å². The van der Waals surface area contributed by atoms with Crippen molar-refractivity contribution < 1.29 is 4.79 Å². The van der Waals surface area contributed by atoms with Gasteiger partial charge < -0.3 is 11.1 Å². The summed E-state index contributed by atoms with van der Waals surface area (Å²) in [7, 11) is 0. The van der Waals surface area contributed by atoms with Gasteiger partial charge in [0.15, 0.2) is 0 Å². The number of anilines is 1. The maximum Gasteiger partial charge on any atom is 0.316 e. The number of carbonyl (C=O) groups excluding carboxylic acids is 1. The number of primary amides is 1. The summed E-state index contributed by atoms with van der Waals surface area (Å²) >= 11 is 0. The van der Waals surface area contributed by atoms with Gasteiger partial charge in [-0.25, -0.2) is 4.79 Å². The average molecular weight is 218 g/mol. The van der Waals surface area contributed by atoms with Crippen molar-refractivity contribution in [1.82, 2.24) is 0 Å². The van der Waals surface area contributed by atoms with E-state index >= 15 is 0 Å². The summed E-state index contributed by atoms with van der Waals surface area (Å²) in [4.78, 5) is 11.0. The molecule has 0 aliphatic heterocycles. The van der Waals surface area contributed by atoms with Crippen molar-refractivity contribution in [1.29, 1.82) is 0 Å². The quantitative estimate of drug-likeness (QED) is 0.788. The highest BCUT2D eigenvalue weighted by molar-refractivity contribution is 5.89. The normalized spacial score (nSPS) is 13.9. The standard InChI is InChI=1S/C13H18N2O/c1-8(2)11-6-9-4-3-5-10(9)7-12(11)15-13(14)16/h6-8H,3-5H2,1-2H3,(H3,14,15,16). The summed E-state index contributed by atoms with van der Waals surface area (Å²) in [5.41, 5.74) is 10.0. The van der Waals surface area contributed by atoms with Crippen molar-refractivity contribution in [3.8, 4) is 0 Å². The van der Waals surface area contributed by atoms with Crippen LogP contribution in [0.15, 0.2) is 12.1 Å². The van der Waals surface area contributed by atoms with Crippen LogP contribution in [-0.2, 0) is 12.8 Å². The molecule has 0 aromatic heterocycles. The molecule has 0 radical (unpaired) electrons. The molecule has 1 aliphatic rings. The van der Waals surface area contributed by atoms with Crippen LogP contribution in [0, 0.1) is 0 Å². The van der Waals surface area contributed by atoms with E-state index in [-0.39, 0.29) is 0 Å². The SMILES string of the molecule is CC(C)c1cc2c(cc1NC(N)=O)CCC2. The minimum Gasteiger partial charge on any atom is -0.351 e. The second-order valence-corrected chi connectivity index (χ2v) is 4.71. The molecule has 0 saturated carbocycles. The summed E-state index contributed by atoms with van der Waals surface area (Å²) in [5, 5.41) is 2.72. The zero-order valence-electron chi connectivity index (χ0n) is 9.84. The number of urea groups is 1. The van der Waals surface area contributed by atoms with Crippen LogP contribution in [0.3, 0.4) is 0 Å². The van der Waals surface area contributed by atoms with E-state index in [1.54, 1.807) is 0 Å². The van der Waals surface area contributed by atoms with Gasteiger partial charge in [0.05, 0.1) is 0 Å². The predicted molar refractivity (Wildman–Crippen MR) is 65.8 cm³/mol. The van der Waals surface area contributed by atoms with Gasteiger partial charge >= 0.3 is 6.03 Å². The number of amides is 2. The Morgan fingerprint density at radius 1 is 1.31 bits per heavy atom. The minimum absolute atomic E-state index is 0.396. The number of benzene rings is 1. The zero-order valence-corrected chi connectivity index (χ0v) is 9.84. The molecule has 86 valence electrons. The maximum absolute atomic E-state index is 11.0. The molecule has 0 bridgehead atoms. The number of hydrogen-bond donors (Lipinski definition) is 2. The molecule has 2 amide bonds. The van der Waals surface area contributed by atoms with Gasteiger partial charge in [0, 0.05) is 5.69 Å². The van der Waals surface area contributed by atoms with E-state index in [9.17, 15) is 4.79 Å². The van der Waals surface area contributed by atoms with Gasteiger partial charge in [-0.1, -0.05) is 19.9 Å². The van der Waals surface area contributed by atoms with Gasteiger partial charge in [-0.3, -0.25) is 0 Å². The highest BCUT2D eigenvalue weighted by Gasteiger charge is 2.16. The van der Waals surface area contributed by atoms with Crippen LogP contribution in [0.2, 0.25) is 0 Å². The third-order valence-electron chi connectivity index (χ3n) is 3.14. The van der Waals surface area contributed by atoms with E-state index in [4.69, 9.17) is 5.73 Å². The van der Waals surface area contributed by atoms with Crippen molar-refractivity contribution in [2.24, 2.45) is 5.73 Å². The van der Waals surface area contributed by atoms with Gasteiger partial charge in [0.1, 0.15) is 0 Å². The van der Waals surface area contributed by atoms with Gasteiger partial charge in [-0.05, 0) is 47.9 Å². The first kappa shape index (κ1) is 11.0. The molecule has 1 aromatic rings. The summed E-state index contributed by atoms with van der Waals surface area (Å²) in [6.07, 6.45) is 3.49. The molecule has 0 heterocycles. The molecular formula is C13H18N2O. The Hall–Kier alpha value is -1.51. The lowest BCUT2D eigenvalue weighted by molar-refractivity contribution is 0.259. The van der Waals surface area contributed by atoms with Crippen molar-refractivity contribution in [3.05, 3.63) is 28.8 Å². The summed E-state index contributed by atoms with van der Waals surface area (Å²) in [6, 6.07) is 3.82. The van der Waals surface area contributed by atoms with Crippen LogP contribution >= 0.6 is 0 Å². The summed E-state index contributed by atoms with van der Waals surface area (Å²) in [5.74, 6) is 0.396. The molecule has 3 N–H and O–H groups in total. The van der Waals surface area contributed by atoms with E-state index in [2.05, 4.69) is 31.3 Å². The molecule has 0 saturated heterocycles. The van der Waals surface area contributed by atoms with Crippen LogP contribution in [0.1, 0.15) is 42.9 Å². The van der Waals surface area contributed by atoms with Gasteiger partial charge in [-0.15, -0.1) is 0 Å². The van der Waals surface area contributed by atoms with E-state index in [0.717, 1.165) is 18.5 Å². The number of aryl methyl sites for hydroxylation is 2. The Kier molecular flexibility index (Phi) is 2.86. The second-order valence-electron chi connectivity index (χ2n) is 4.71. The minimum atomic E-state index is -0.486. The van der Waals surface area contributed by atoms with E-state index in [0.29, 0.717) is 5.92 Å². The van der Waals surface area contributed by atoms with Crippen LogP contribution in [-0.4, -0.2) is 6.03 Å². The number of fused-ring (bicyclic) bond motifs is 1. The van der Waals surface area contributed by atoms with Crippen LogP contribution in [0.25, 0.3) is 0 Å². The topological polar surface area (TPSA) is 55.1 Å². The lowest BCUT2D eigenvalue weighted by atomic mass is 9.96. The Bertz CT molecular complexity index is 424. The number of nitrogens with one attached hydrogen (secondary N) is 1. The molecule has 1 aliphatic carbocycles. The molecular weight excluding hydrogens is 200 g/mol. The highest BCUT2D eigenvalue weighted by Crippen LogP contribution is 2.32. The summed E-state index contributed by atoms with van der Waals surface area (Å²) in [6.45, 7) is 4.26. The molecule has 1 aromatic carbocycles. The first-order chi connectivity index (χ1) is 7.58. The van der Waals surface area contributed by atoms with Crippen LogP contribution < -0.4 is 11.1 Å². The second kappa shape index (κ2) is 4.16. The number of nitrogens with two attached hydrogens (primary N) is 1.